The lowest BCUT2D eigenvalue weighted by Gasteiger charge is -2.46. The number of carbonyl (C=O) groups is 2. The van der Waals surface area contributed by atoms with Crippen LogP contribution in [0.5, 0.6) is 0 Å². The van der Waals surface area contributed by atoms with E-state index in [4.69, 9.17) is 11.6 Å². The summed E-state index contributed by atoms with van der Waals surface area (Å²) in [6.07, 6.45) is 2.92. The maximum atomic E-state index is 13.8. The Bertz CT molecular complexity index is 1300. The minimum atomic E-state index is -0.413. The second kappa shape index (κ2) is 9.97. The molecule has 2 heterocycles. The molecule has 1 amide bonds. The number of fused-ring (bicyclic) bond motifs is 1. The molecule has 0 bridgehead atoms. The van der Waals surface area contributed by atoms with Gasteiger partial charge in [0.25, 0.3) is 0 Å². The lowest BCUT2D eigenvalue weighted by Crippen LogP contribution is -2.62. The molecule has 39 heavy (non-hydrogen) atoms. The van der Waals surface area contributed by atoms with E-state index in [-0.39, 0.29) is 40.8 Å². The van der Waals surface area contributed by atoms with Gasteiger partial charge >= 0.3 is 0 Å². The van der Waals surface area contributed by atoms with Crippen LogP contribution in [0.15, 0.2) is 59.8 Å². The zero-order valence-corrected chi connectivity index (χ0v) is 24.7. The number of amides is 1. The number of benzene rings is 2. The van der Waals surface area contributed by atoms with Crippen LogP contribution in [0.1, 0.15) is 78.8 Å². The second-order valence-electron chi connectivity index (χ2n) is 13.6. The molecule has 3 N–H and O–H groups in total. The van der Waals surface area contributed by atoms with Gasteiger partial charge in [-0.25, -0.2) is 0 Å². The molecule has 1 unspecified atom stereocenters. The smallest absolute Gasteiger partial charge is 0.239 e. The van der Waals surface area contributed by atoms with Crippen LogP contribution < -0.4 is 20.9 Å². The summed E-state index contributed by atoms with van der Waals surface area (Å²) < 4.78 is 0. The van der Waals surface area contributed by atoms with Crippen LogP contribution in [-0.4, -0.2) is 35.4 Å². The number of carbonyl (C=O) groups excluding carboxylic acids is 2. The fourth-order valence-electron chi connectivity index (χ4n) is 7.07. The van der Waals surface area contributed by atoms with Crippen molar-refractivity contribution in [1.29, 1.82) is 0 Å². The SMILES string of the molecule is CC1(C)CC(=O)C2=C(C1)Nc1ccccc1N(CC(=O)NC1CC(C)(C)NC(C)(C)C1)C2c1ccc(Cl)cc1. The number of ketones is 1. The van der Waals surface area contributed by atoms with E-state index in [9.17, 15) is 9.59 Å². The van der Waals surface area contributed by atoms with E-state index >= 15 is 0 Å². The number of nitrogens with one attached hydrogen (secondary N) is 3. The van der Waals surface area contributed by atoms with Gasteiger partial charge in [-0.2, -0.15) is 0 Å². The Labute approximate surface area is 237 Å². The van der Waals surface area contributed by atoms with Gasteiger partial charge in [-0.15, -0.1) is 0 Å². The van der Waals surface area contributed by atoms with Crippen molar-refractivity contribution in [2.75, 3.05) is 16.8 Å². The Morgan fingerprint density at radius 2 is 1.62 bits per heavy atom. The van der Waals surface area contributed by atoms with Crippen LogP contribution >= 0.6 is 11.6 Å². The van der Waals surface area contributed by atoms with Crippen molar-refractivity contribution in [3.63, 3.8) is 0 Å². The summed E-state index contributed by atoms with van der Waals surface area (Å²) in [4.78, 5) is 29.7. The standard InChI is InChI=1S/C32H41ClN4O2/c1-30(2)17-24-28(26(38)18-30)29(20-11-13-21(33)14-12-20)37(25-10-8-7-9-23(25)35-24)19-27(39)34-22-15-31(3,4)36-32(5,6)16-22/h7-14,22,29,35-36H,15-19H2,1-6H3,(H,34,39). The minimum absolute atomic E-state index is 0.0464. The Kier molecular flexibility index (Phi) is 7.09. The first-order chi connectivity index (χ1) is 18.2. The number of nitrogens with zero attached hydrogens (tertiary/aromatic N) is 1. The fourth-order valence-corrected chi connectivity index (χ4v) is 7.20. The van der Waals surface area contributed by atoms with Gasteiger partial charge < -0.3 is 20.9 Å². The summed E-state index contributed by atoms with van der Waals surface area (Å²) in [6, 6.07) is 15.3. The fraction of sp³-hybridized carbons (Fsp3) is 0.500. The molecule has 2 aromatic carbocycles. The summed E-state index contributed by atoms with van der Waals surface area (Å²) in [5.41, 5.74) is 4.12. The van der Waals surface area contributed by atoms with Crippen LogP contribution in [0.3, 0.4) is 0 Å². The summed E-state index contributed by atoms with van der Waals surface area (Å²) in [5, 5.41) is 11.3. The van der Waals surface area contributed by atoms with Crippen molar-refractivity contribution in [1.82, 2.24) is 10.6 Å². The number of Topliss-reactive ketones (excluding diaryl/α,β-unsaturated/α-hetero) is 1. The lowest BCUT2D eigenvalue weighted by molar-refractivity contribution is -0.121. The number of piperidine rings is 1. The zero-order valence-electron chi connectivity index (χ0n) is 24.0. The summed E-state index contributed by atoms with van der Waals surface area (Å²) >= 11 is 6.27. The van der Waals surface area contributed by atoms with E-state index < -0.39 is 6.04 Å². The Balaban J connectivity index is 1.56. The molecule has 208 valence electrons. The van der Waals surface area contributed by atoms with Crippen LogP contribution in [0.25, 0.3) is 0 Å². The van der Waals surface area contributed by atoms with Crippen LogP contribution in [0.2, 0.25) is 5.02 Å². The average molecular weight is 549 g/mol. The van der Waals surface area contributed by atoms with Crippen LogP contribution in [0.4, 0.5) is 11.4 Å². The maximum absolute atomic E-state index is 13.8. The molecule has 1 aliphatic carbocycles. The van der Waals surface area contributed by atoms with E-state index in [0.717, 1.165) is 47.5 Å². The molecule has 3 aliphatic rings. The van der Waals surface area contributed by atoms with Crippen molar-refractivity contribution in [3.05, 3.63) is 70.4 Å². The van der Waals surface area contributed by atoms with Gasteiger partial charge in [0.05, 0.1) is 24.0 Å². The highest BCUT2D eigenvalue weighted by Gasteiger charge is 2.43. The van der Waals surface area contributed by atoms with Crippen LogP contribution in [-0.2, 0) is 9.59 Å². The van der Waals surface area contributed by atoms with Gasteiger partial charge in [0.1, 0.15) is 0 Å². The molecule has 2 aromatic rings. The highest BCUT2D eigenvalue weighted by molar-refractivity contribution is 6.30. The quantitative estimate of drug-likeness (QED) is 0.413. The van der Waals surface area contributed by atoms with Gasteiger partial charge in [-0.05, 0) is 82.2 Å². The number of halogens is 1. The minimum Gasteiger partial charge on any atom is -0.357 e. The molecule has 5 rings (SSSR count). The summed E-state index contributed by atoms with van der Waals surface area (Å²) in [6.45, 7) is 13.1. The molecule has 2 aliphatic heterocycles. The second-order valence-corrected chi connectivity index (χ2v) is 14.1. The molecular weight excluding hydrogens is 508 g/mol. The zero-order chi connectivity index (χ0) is 28.2. The number of rotatable bonds is 4. The van der Waals surface area contributed by atoms with E-state index in [1.807, 2.05) is 48.5 Å². The number of allylic oxidation sites excluding steroid dienone is 1. The molecule has 1 saturated heterocycles. The van der Waals surface area contributed by atoms with Gasteiger partial charge in [-0.1, -0.05) is 49.7 Å². The largest absolute Gasteiger partial charge is 0.357 e. The molecule has 1 fully saturated rings. The number of hydrogen-bond donors (Lipinski definition) is 3. The lowest BCUT2D eigenvalue weighted by atomic mass is 9.73. The van der Waals surface area contributed by atoms with Crippen molar-refractivity contribution in [2.24, 2.45) is 5.41 Å². The average Bonchev–Trinajstić information content (AvgIpc) is 2.91. The Hall–Kier alpha value is -2.83. The summed E-state index contributed by atoms with van der Waals surface area (Å²) in [7, 11) is 0. The van der Waals surface area contributed by atoms with Gasteiger partial charge in [0, 0.05) is 39.8 Å². The van der Waals surface area contributed by atoms with Crippen molar-refractivity contribution in [3.8, 4) is 0 Å². The monoisotopic (exact) mass is 548 g/mol. The third-order valence-corrected chi connectivity index (χ3v) is 8.31. The van der Waals surface area contributed by atoms with E-state index in [2.05, 4.69) is 62.4 Å². The number of para-hydroxylation sites is 2. The molecule has 0 spiro atoms. The third kappa shape index (κ3) is 6.02. The topological polar surface area (TPSA) is 73.5 Å². The highest BCUT2D eigenvalue weighted by Crippen LogP contribution is 2.48. The van der Waals surface area contributed by atoms with Crippen LogP contribution in [0, 0.1) is 5.41 Å². The number of hydrogen-bond acceptors (Lipinski definition) is 5. The normalized spacial score (nSPS) is 23.8. The molecule has 0 saturated carbocycles. The van der Waals surface area contributed by atoms with Gasteiger partial charge in [0.2, 0.25) is 5.91 Å². The number of anilines is 2. The molecular formula is C32H41ClN4O2. The van der Waals surface area contributed by atoms with Crippen molar-refractivity contribution >= 4 is 34.7 Å². The van der Waals surface area contributed by atoms with Crippen molar-refractivity contribution in [2.45, 2.75) is 90.4 Å². The molecule has 0 aromatic heterocycles. The molecule has 7 heteroatoms. The molecule has 0 radical (unpaired) electrons. The van der Waals surface area contributed by atoms with Crippen molar-refractivity contribution < 1.29 is 9.59 Å². The molecule has 6 nitrogen and oxygen atoms in total. The van der Waals surface area contributed by atoms with E-state index in [1.165, 1.54) is 0 Å². The van der Waals surface area contributed by atoms with Gasteiger partial charge in [0.15, 0.2) is 5.78 Å². The first-order valence-electron chi connectivity index (χ1n) is 14.0. The first kappa shape index (κ1) is 27.7. The highest BCUT2D eigenvalue weighted by atomic mass is 35.5. The Morgan fingerprint density at radius 3 is 2.28 bits per heavy atom. The van der Waals surface area contributed by atoms with Gasteiger partial charge in [-0.3, -0.25) is 9.59 Å². The third-order valence-electron chi connectivity index (χ3n) is 8.06. The molecule has 1 atom stereocenters. The Morgan fingerprint density at radius 1 is 0.974 bits per heavy atom. The first-order valence-corrected chi connectivity index (χ1v) is 14.3. The van der Waals surface area contributed by atoms with E-state index in [0.29, 0.717) is 11.4 Å². The predicted molar refractivity (Wildman–Crippen MR) is 159 cm³/mol. The predicted octanol–water partition coefficient (Wildman–Crippen LogP) is 6.38. The maximum Gasteiger partial charge on any atom is 0.239 e. The van der Waals surface area contributed by atoms with E-state index in [1.54, 1.807) is 0 Å². The summed E-state index contributed by atoms with van der Waals surface area (Å²) in [5.74, 6) is 0.0728.